The van der Waals surface area contributed by atoms with Gasteiger partial charge in [0.2, 0.25) is 11.9 Å². The summed E-state index contributed by atoms with van der Waals surface area (Å²) in [6.07, 6.45) is 5.47. The van der Waals surface area contributed by atoms with Gasteiger partial charge in [-0.15, -0.1) is 0 Å². The molecule has 0 atom stereocenters. The quantitative estimate of drug-likeness (QED) is 0.943. The minimum absolute atomic E-state index is 0.152. The van der Waals surface area contributed by atoms with E-state index in [1.54, 1.807) is 13.1 Å². The average molecular weight is 311 g/mol. The van der Waals surface area contributed by atoms with Crippen molar-refractivity contribution in [3.05, 3.63) is 41.9 Å². The molecule has 0 aliphatic carbocycles. The summed E-state index contributed by atoms with van der Waals surface area (Å²) in [6, 6.07) is 5.87. The van der Waals surface area contributed by atoms with Gasteiger partial charge >= 0.3 is 0 Å². The molecule has 6 nitrogen and oxygen atoms in total. The van der Waals surface area contributed by atoms with Crippen LogP contribution in [0.15, 0.2) is 30.6 Å². The zero-order chi connectivity index (χ0) is 16.2. The summed E-state index contributed by atoms with van der Waals surface area (Å²) in [5.74, 6) is 1.83. The number of amides is 1. The molecule has 0 radical (unpaired) electrons. The Bertz CT molecular complexity index is 678. The Labute approximate surface area is 136 Å². The Morgan fingerprint density at radius 1 is 1.22 bits per heavy atom. The van der Waals surface area contributed by atoms with Crippen LogP contribution in [0.25, 0.3) is 0 Å². The Hall–Kier alpha value is -2.50. The van der Waals surface area contributed by atoms with E-state index in [-0.39, 0.29) is 5.91 Å². The first-order chi connectivity index (χ1) is 11.1. The molecule has 1 N–H and O–H groups in total. The highest BCUT2D eigenvalue weighted by Gasteiger charge is 2.23. The highest BCUT2D eigenvalue weighted by molar-refractivity contribution is 5.73. The van der Waals surface area contributed by atoms with E-state index in [4.69, 9.17) is 0 Å². The summed E-state index contributed by atoms with van der Waals surface area (Å²) in [7, 11) is 0. The fourth-order valence-corrected chi connectivity index (χ4v) is 2.81. The number of hydrogen-bond acceptors (Lipinski definition) is 5. The van der Waals surface area contributed by atoms with Crippen molar-refractivity contribution in [1.82, 2.24) is 19.9 Å². The Balaban J connectivity index is 1.68. The van der Waals surface area contributed by atoms with Crippen LogP contribution in [0.5, 0.6) is 0 Å². The maximum atomic E-state index is 11.4. The molecule has 0 bridgehead atoms. The lowest BCUT2D eigenvalue weighted by Crippen LogP contribution is -2.36. The molecule has 120 valence electrons. The van der Waals surface area contributed by atoms with Gasteiger partial charge in [-0.25, -0.2) is 15.0 Å². The fourth-order valence-electron chi connectivity index (χ4n) is 2.81. The number of rotatable bonds is 3. The highest BCUT2D eigenvalue weighted by atomic mass is 16.2. The Morgan fingerprint density at radius 2 is 2.00 bits per heavy atom. The lowest BCUT2D eigenvalue weighted by molar-refractivity contribution is -0.129. The van der Waals surface area contributed by atoms with Crippen molar-refractivity contribution in [2.24, 2.45) is 0 Å². The van der Waals surface area contributed by atoms with Crippen LogP contribution in [0.2, 0.25) is 0 Å². The minimum atomic E-state index is 0.152. The third-order valence-electron chi connectivity index (χ3n) is 4.19. The molecule has 1 saturated heterocycles. The molecule has 2 aromatic heterocycles. The first-order valence-corrected chi connectivity index (χ1v) is 7.90. The van der Waals surface area contributed by atoms with Crippen molar-refractivity contribution in [3.8, 4) is 0 Å². The second kappa shape index (κ2) is 6.73. The number of aromatic nitrogens is 3. The summed E-state index contributed by atoms with van der Waals surface area (Å²) < 4.78 is 0. The number of pyridine rings is 1. The van der Waals surface area contributed by atoms with E-state index in [0.29, 0.717) is 11.9 Å². The molecule has 3 rings (SSSR count). The van der Waals surface area contributed by atoms with Crippen molar-refractivity contribution in [2.75, 3.05) is 18.4 Å². The Kier molecular flexibility index (Phi) is 4.50. The first-order valence-electron chi connectivity index (χ1n) is 7.90. The smallest absolute Gasteiger partial charge is 0.228 e. The van der Waals surface area contributed by atoms with Gasteiger partial charge in [-0.2, -0.15) is 0 Å². The molecule has 1 aliphatic heterocycles. The number of nitrogens with one attached hydrogen (secondary N) is 1. The predicted octanol–water partition coefficient (Wildman–Crippen LogP) is 2.65. The second-order valence-corrected chi connectivity index (χ2v) is 5.93. The molecular formula is C17H21N5O. The van der Waals surface area contributed by atoms with Gasteiger partial charge in [0.05, 0.1) is 0 Å². The zero-order valence-corrected chi connectivity index (χ0v) is 13.5. The number of carbonyl (C=O) groups is 1. The molecule has 2 aromatic rings. The van der Waals surface area contributed by atoms with E-state index >= 15 is 0 Å². The van der Waals surface area contributed by atoms with Crippen LogP contribution in [0.1, 0.15) is 36.9 Å². The zero-order valence-electron chi connectivity index (χ0n) is 13.5. The van der Waals surface area contributed by atoms with Crippen LogP contribution < -0.4 is 5.32 Å². The second-order valence-electron chi connectivity index (χ2n) is 5.93. The predicted molar refractivity (Wildman–Crippen MR) is 88.5 cm³/mol. The summed E-state index contributed by atoms with van der Waals surface area (Å²) in [5, 5.41) is 3.14. The van der Waals surface area contributed by atoms with Crippen molar-refractivity contribution >= 4 is 17.7 Å². The maximum Gasteiger partial charge on any atom is 0.228 e. The van der Waals surface area contributed by atoms with Crippen molar-refractivity contribution in [1.29, 1.82) is 0 Å². The minimum Gasteiger partial charge on any atom is -0.343 e. The normalized spacial score (nSPS) is 15.5. The van der Waals surface area contributed by atoms with Gasteiger partial charge in [-0.1, -0.05) is 6.07 Å². The molecule has 0 spiro atoms. The van der Waals surface area contributed by atoms with Crippen molar-refractivity contribution in [2.45, 2.75) is 32.6 Å². The van der Waals surface area contributed by atoms with Crippen LogP contribution >= 0.6 is 0 Å². The number of carbonyl (C=O) groups excluding carboxylic acids is 1. The van der Waals surface area contributed by atoms with E-state index in [2.05, 4.69) is 20.3 Å². The fraction of sp³-hybridized carbons (Fsp3) is 0.412. The molecule has 0 saturated carbocycles. The van der Waals surface area contributed by atoms with E-state index in [9.17, 15) is 4.79 Å². The topological polar surface area (TPSA) is 71.0 Å². The van der Waals surface area contributed by atoms with Gasteiger partial charge in [0.15, 0.2) is 0 Å². The molecule has 23 heavy (non-hydrogen) atoms. The van der Waals surface area contributed by atoms with Crippen LogP contribution in [0, 0.1) is 6.92 Å². The highest BCUT2D eigenvalue weighted by Crippen LogP contribution is 2.27. The van der Waals surface area contributed by atoms with Crippen LogP contribution in [-0.4, -0.2) is 38.8 Å². The van der Waals surface area contributed by atoms with E-state index in [1.807, 2.05) is 36.2 Å². The molecule has 0 aromatic carbocycles. The molecule has 0 unspecified atom stereocenters. The monoisotopic (exact) mass is 311 g/mol. The van der Waals surface area contributed by atoms with E-state index in [1.165, 1.54) is 0 Å². The SMILES string of the molecule is CC(=O)N1CCC(c2ccnc(Nc3ccc(C)cn3)n2)CC1. The molecule has 1 fully saturated rings. The third-order valence-corrected chi connectivity index (χ3v) is 4.19. The summed E-state index contributed by atoms with van der Waals surface area (Å²) in [6.45, 7) is 5.22. The molecule has 1 amide bonds. The molecule has 1 aliphatic rings. The third kappa shape index (κ3) is 3.83. The number of anilines is 2. The number of piperidine rings is 1. The lowest BCUT2D eigenvalue weighted by atomic mass is 9.93. The van der Waals surface area contributed by atoms with Crippen LogP contribution in [0.4, 0.5) is 11.8 Å². The number of hydrogen-bond donors (Lipinski definition) is 1. The largest absolute Gasteiger partial charge is 0.343 e. The molecule has 3 heterocycles. The van der Waals surface area contributed by atoms with Gasteiger partial charge < -0.3 is 10.2 Å². The Morgan fingerprint density at radius 3 is 2.65 bits per heavy atom. The average Bonchev–Trinajstić information content (AvgIpc) is 2.57. The van der Waals surface area contributed by atoms with Gasteiger partial charge in [0.1, 0.15) is 5.82 Å². The van der Waals surface area contributed by atoms with Gasteiger partial charge in [0.25, 0.3) is 0 Å². The summed E-state index contributed by atoms with van der Waals surface area (Å²) >= 11 is 0. The molecule has 6 heteroatoms. The number of nitrogens with zero attached hydrogens (tertiary/aromatic N) is 4. The van der Waals surface area contributed by atoms with E-state index < -0.39 is 0 Å². The number of aryl methyl sites for hydroxylation is 1. The van der Waals surface area contributed by atoms with Gasteiger partial charge in [-0.3, -0.25) is 4.79 Å². The van der Waals surface area contributed by atoms with Gasteiger partial charge in [0, 0.05) is 44.0 Å². The molecular weight excluding hydrogens is 290 g/mol. The van der Waals surface area contributed by atoms with Crippen LogP contribution in [-0.2, 0) is 4.79 Å². The summed E-state index contributed by atoms with van der Waals surface area (Å²) in [5.41, 5.74) is 2.14. The van der Waals surface area contributed by atoms with Crippen molar-refractivity contribution < 1.29 is 4.79 Å². The summed E-state index contributed by atoms with van der Waals surface area (Å²) in [4.78, 5) is 26.5. The first kappa shape index (κ1) is 15.4. The van der Waals surface area contributed by atoms with Crippen LogP contribution in [0.3, 0.4) is 0 Å². The van der Waals surface area contributed by atoms with Gasteiger partial charge in [-0.05, 0) is 37.5 Å². The maximum absolute atomic E-state index is 11.4. The standard InChI is InChI=1S/C17H21N5O/c1-12-3-4-16(19-11-12)21-17-18-8-5-15(20-17)14-6-9-22(10-7-14)13(2)23/h3-5,8,11,14H,6-7,9-10H2,1-2H3,(H,18,19,20,21). The lowest BCUT2D eigenvalue weighted by Gasteiger charge is -2.31. The van der Waals surface area contributed by atoms with E-state index in [0.717, 1.165) is 43.0 Å². The number of likely N-dealkylation sites (tertiary alicyclic amines) is 1. The van der Waals surface area contributed by atoms with Crippen molar-refractivity contribution in [3.63, 3.8) is 0 Å².